The highest BCUT2D eigenvalue weighted by molar-refractivity contribution is 7.13. The lowest BCUT2D eigenvalue weighted by atomic mass is 10.1. The molecule has 5 nitrogen and oxygen atoms in total. The van der Waals surface area contributed by atoms with Crippen molar-refractivity contribution in [3.63, 3.8) is 0 Å². The molecule has 1 aliphatic rings. The lowest BCUT2D eigenvalue weighted by molar-refractivity contribution is -0.136. The Bertz CT molecular complexity index is 492. The standard InChI is InChI=1S/C14H21N3O2S/c1-10(9-15)13(18)16-5-7-17(8-6-16)14(19)12-4-3-11(2)20-12/h3-4,10H,5-9,15H2,1-2H3. The number of nitrogens with two attached hydrogens (primary N) is 1. The first-order chi connectivity index (χ1) is 9.52. The van der Waals surface area contributed by atoms with Crippen LogP contribution in [0.3, 0.4) is 0 Å². The van der Waals surface area contributed by atoms with Crippen LogP contribution in [0, 0.1) is 12.8 Å². The van der Waals surface area contributed by atoms with Gasteiger partial charge in [-0.1, -0.05) is 6.92 Å². The fraction of sp³-hybridized carbons (Fsp3) is 0.571. The third-order valence-electron chi connectivity index (χ3n) is 3.60. The van der Waals surface area contributed by atoms with E-state index in [2.05, 4.69) is 0 Å². The molecule has 0 spiro atoms. The molecule has 1 aromatic heterocycles. The molecular formula is C14H21N3O2S. The maximum Gasteiger partial charge on any atom is 0.264 e. The van der Waals surface area contributed by atoms with Gasteiger partial charge < -0.3 is 15.5 Å². The van der Waals surface area contributed by atoms with E-state index in [0.717, 1.165) is 9.75 Å². The Morgan fingerprint density at radius 3 is 2.35 bits per heavy atom. The Hall–Kier alpha value is -1.40. The molecule has 1 atom stereocenters. The van der Waals surface area contributed by atoms with Gasteiger partial charge in [0.2, 0.25) is 5.91 Å². The van der Waals surface area contributed by atoms with Crippen molar-refractivity contribution < 1.29 is 9.59 Å². The molecule has 2 amide bonds. The molecule has 6 heteroatoms. The van der Waals surface area contributed by atoms with Gasteiger partial charge in [-0.15, -0.1) is 11.3 Å². The topological polar surface area (TPSA) is 66.6 Å². The van der Waals surface area contributed by atoms with Crippen LogP contribution in [0.5, 0.6) is 0 Å². The van der Waals surface area contributed by atoms with Crippen LogP contribution in [0.1, 0.15) is 21.5 Å². The molecule has 20 heavy (non-hydrogen) atoms. The van der Waals surface area contributed by atoms with Crippen molar-refractivity contribution >= 4 is 23.2 Å². The van der Waals surface area contributed by atoms with Crippen molar-refractivity contribution in [1.29, 1.82) is 0 Å². The summed E-state index contributed by atoms with van der Waals surface area (Å²) >= 11 is 1.52. The van der Waals surface area contributed by atoms with Crippen LogP contribution in [0.15, 0.2) is 12.1 Å². The minimum Gasteiger partial charge on any atom is -0.339 e. The second-order valence-electron chi connectivity index (χ2n) is 5.16. The molecule has 0 aromatic carbocycles. The summed E-state index contributed by atoms with van der Waals surface area (Å²) in [6, 6.07) is 3.83. The van der Waals surface area contributed by atoms with Gasteiger partial charge in [-0.2, -0.15) is 0 Å². The minimum atomic E-state index is -0.141. The number of carbonyl (C=O) groups excluding carboxylic acids is 2. The number of thiophene rings is 1. The number of piperazine rings is 1. The summed E-state index contributed by atoms with van der Waals surface area (Å²) in [4.78, 5) is 29.9. The van der Waals surface area contributed by atoms with E-state index in [1.165, 1.54) is 11.3 Å². The maximum absolute atomic E-state index is 12.3. The maximum atomic E-state index is 12.3. The molecule has 0 radical (unpaired) electrons. The van der Waals surface area contributed by atoms with Gasteiger partial charge in [0, 0.05) is 43.5 Å². The summed E-state index contributed by atoms with van der Waals surface area (Å²) in [5.41, 5.74) is 5.52. The number of amides is 2. The Kier molecular flexibility index (Phi) is 4.77. The first-order valence-corrected chi connectivity index (χ1v) is 7.69. The monoisotopic (exact) mass is 295 g/mol. The van der Waals surface area contributed by atoms with Gasteiger partial charge in [0.15, 0.2) is 0 Å². The Morgan fingerprint density at radius 2 is 1.85 bits per heavy atom. The molecule has 1 fully saturated rings. The SMILES string of the molecule is Cc1ccc(C(=O)N2CCN(C(=O)C(C)CN)CC2)s1. The predicted molar refractivity (Wildman–Crippen MR) is 79.8 cm³/mol. The molecule has 0 aliphatic carbocycles. The van der Waals surface area contributed by atoms with Gasteiger partial charge in [-0.05, 0) is 19.1 Å². The molecule has 1 aromatic rings. The van der Waals surface area contributed by atoms with E-state index in [-0.39, 0.29) is 17.7 Å². The van der Waals surface area contributed by atoms with Crippen LogP contribution in [0.4, 0.5) is 0 Å². The zero-order valence-corrected chi connectivity index (χ0v) is 12.8. The van der Waals surface area contributed by atoms with Gasteiger partial charge in [0.05, 0.1) is 4.88 Å². The summed E-state index contributed by atoms with van der Waals surface area (Å²) in [5.74, 6) is 0.0193. The van der Waals surface area contributed by atoms with Crippen LogP contribution >= 0.6 is 11.3 Å². The Balaban J connectivity index is 1.91. The van der Waals surface area contributed by atoms with Crippen molar-refractivity contribution in [2.24, 2.45) is 11.7 Å². The van der Waals surface area contributed by atoms with Crippen LogP contribution in [0.2, 0.25) is 0 Å². The van der Waals surface area contributed by atoms with Gasteiger partial charge >= 0.3 is 0 Å². The van der Waals surface area contributed by atoms with Crippen LogP contribution < -0.4 is 5.73 Å². The number of nitrogens with zero attached hydrogens (tertiary/aromatic N) is 2. The highest BCUT2D eigenvalue weighted by Crippen LogP contribution is 2.18. The second kappa shape index (κ2) is 6.37. The zero-order valence-electron chi connectivity index (χ0n) is 12.0. The average molecular weight is 295 g/mol. The largest absolute Gasteiger partial charge is 0.339 e. The fourth-order valence-corrected chi connectivity index (χ4v) is 3.08. The quantitative estimate of drug-likeness (QED) is 0.902. The molecule has 2 heterocycles. The van der Waals surface area contributed by atoms with Gasteiger partial charge in [0.1, 0.15) is 0 Å². The summed E-state index contributed by atoms with van der Waals surface area (Å²) < 4.78 is 0. The van der Waals surface area contributed by atoms with E-state index in [9.17, 15) is 9.59 Å². The molecule has 2 rings (SSSR count). The van der Waals surface area contributed by atoms with Crippen molar-refractivity contribution in [3.8, 4) is 0 Å². The van der Waals surface area contributed by atoms with E-state index in [1.54, 1.807) is 4.90 Å². The van der Waals surface area contributed by atoms with E-state index in [4.69, 9.17) is 5.73 Å². The summed E-state index contributed by atoms with van der Waals surface area (Å²) in [6.45, 7) is 6.59. The van der Waals surface area contributed by atoms with Crippen LogP contribution in [0.25, 0.3) is 0 Å². The number of aryl methyl sites for hydroxylation is 1. The predicted octanol–water partition coefficient (Wildman–Crippen LogP) is 0.936. The number of hydrogen-bond donors (Lipinski definition) is 1. The minimum absolute atomic E-state index is 0.0714. The molecule has 110 valence electrons. The highest BCUT2D eigenvalue weighted by Gasteiger charge is 2.27. The van der Waals surface area contributed by atoms with Crippen molar-refractivity contribution in [2.45, 2.75) is 13.8 Å². The summed E-state index contributed by atoms with van der Waals surface area (Å²) in [5, 5.41) is 0. The fourth-order valence-electron chi connectivity index (χ4n) is 2.25. The van der Waals surface area contributed by atoms with Crippen molar-refractivity contribution in [2.75, 3.05) is 32.7 Å². The third kappa shape index (κ3) is 3.19. The van der Waals surface area contributed by atoms with E-state index in [0.29, 0.717) is 32.7 Å². The van der Waals surface area contributed by atoms with E-state index >= 15 is 0 Å². The molecule has 1 unspecified atom stereocenters. The van der Waals surface area contributed by atoms with Gasteiger partial charge in [-0.3, -0.25) is 9.59 Å². The molecule has 0 saturated carbocycles. The first kappa shape index (κ1) is 15.0. The zero-order chi connectivity index (χ0) is 14.7. The van der Waals surface area contributed by atoms with Gasteiger partial charge in [-0.25, -0.2) is 0 Å². The molecular weight excluding hydrogens is 274 g/mol. The van der Waals surface area contributed by atoms with Crippen molar-refractivity contribution in [1.82, 2.24) is 9.80 Å². The van der Waals surface area contributed by atoms with Gasteiger partial charge in [0.25, 0.3) is 5.91 Å². The number of hydrogen-bond acceptors (Lipinski definition) is 4. The summed E-state index contributed by atoms with van der Waals surface area (Å²) in [6.07, 6.45) is 0. The normalized spacial score (nSPS) is 17.1. The summed E-state index contributed by atoms with van der Waals surface area (Å²) in [7, 11) is 0. The molecule has 2 N–H and O–H groups in total. The van der Waals surface area contributed by atoms with E-state index < -0.39 is 0 Å². The average Bonchev–Trinajstić information content (AvgIpc) is 2.91. The number of rotatable bonds is 3. The number of carbonyl (C=O) groups is 2. The molecule has 1 aliphatic heterocycles. The Labute approximate surface area is 123 Å². The van der Waals surface area contributed by atoms with Crippen LogP contribution in [-0.2, 0) is 4.79 Å². The molecule has 1 saturated heterocycles. The lowest BCUT2D eigenvalue weighted by Gasteiger charge is -2.35. The smallest absolute Gasteiger partial charge is 0.264 e. The second-order valence-corrected chi connectivity index (χ2v) is 6.45. The van der Waals surface area contributed by atoms with Crippen molar-refractivity contribution in [3.05, 3.63) is 21.9 Å². The van der Waals surface area contributed by atoms with E-state index in [1.807, 2.05) is 30.9 Å². The third-order valence-corrected chi connectivity index (χ3v) is 4.59. The first-order valence-electron chi connectivity index (χ1n) is 6.87. The highest BCUT2D eigenvalue weighted by atomic mass is 32.1. The lowest BCUT2D eigenvalue weighted by Crippen LogP contribution is -2.52. The Morgan fingerprint density at radius 1 is 1.25 bits per heavy atom. The molecule has 0 bridgehead atoms. The van der Waals surface area contributed by atoms with Crippen LogP contribution in [-0.4, -0.2) is 54.3 Å².